The monoisotopic (exact) mass is 294 g/mol. The molecule has 6 heteroatoms. The van der Waals surface area contributed by atoms with Crippen LogP contribution in [-0.4, -0.2) is 25.7 Å². The van der Waals surface area contributed by atoms with Crippen LogP contribution >= 0.6 is 0 Å². The molecule has 4 nitrogen and oxygen atoms in total. The first-order chi connectivity index (χ1) is 9.29. The summed E-state index contributed by atoms with van der Waals surface area (Å²) in [6.45, 7) is 0. The summed E-state index contributed by atoms with van der Waals surface area (Å²) in [7, 11) is -3.28. The lowest BCUT2D eigenvalue weighted by Gasteiger charge is -2.05. The molecule has 2 aromatic carbocycles. The molecule has 104 valence electrons. The summed E-state index contributed by atoms with van der Waals surface area (Å²) in [5.74, 6) is -2.16. The van der Waals surface area contributed by atoms with Crippen LogP contribution in [-0.2, 0) is 9.84 Å². The van der Waals surface area contributed by atoms with Crippen LogP contribution in [0.5, 0.6) is 0 Å². The molecule has 0 bridgehead atoms. The zero-order valence-corrected chi connectivity index (χ0v) is 11.3. The first kappa shape index (κ1) is 14.2. The van der Waals surface area contributed by atoms with Crippen LogP contribution in [0.2, 0.25) is 0 Å². The number of carbonyl (C=O) groups is 1. The van der Waals surface area contributed by atoms with E-state index in [1.54, 1.807) is 12.1 Å². The van der Waals surface area contributed by atoms with Crippen LogP contribution in [0.25, 0.3) is 11.1 Å². The Labute approximate surface area is 115 Å². The van der Waals surface area contributed by atoms with Gasteiger partial charge in [-0.15, -0.1) is 0 Å². The molecule has 0 saturated heterocycles. The topological polar surface area (TPSA) is 71.4 Å². The first-order valence-corrected chi connectivity index (χ1v) is 7.51. The minimum atomic E-state index is -3.28. The highest BCUT2D eigenvalue weighted by Gasteiger charge is 2.12. The molecule has 0 aliphatic heterocycles. The molecular weight excluding hydrogens is 283 g/mol. The normalized spacial score (nSPS) is 11.3. The van der Waals surface area contributed by atoms with Gasteiger partial charge in [-0.3, -0.25) is 0 Å². The molecule has 0 saturated carbocycles. The molecule has 0 amide bonds. The van der Waals surface area contributed by atoms with E-state index in [2.05, 4.69) is 0 Å². The molecule has 2 rings (SSSR count). The highest BCUT2D eigenvalue weighted by molar-refractivity contribution is 7.90. The predicted molar refractivity (Wildman–Crippen MR) is 71.9 cm³/mol. The molecule has 0 radical (unpaired) electrons. The van der Waals surface area contributed by atoms with Crippen LogP contribution in [0.3, 0.4) is 0 Å². The third kappa shape index (κ3) is 2.85. The van der Waals surface area contributed by atoms with Crippen molar-refractivity contribution in [1.82, 2.24) is 0 Å². The fraction of sp³-hybridized carbons (Fsp3) is 0.0714. The molecule has 0 heterocycles. The SMILES string of the molecule is CS(=O)(=O)c1ccc(-c2ccc(F)c(C(=O)O)c2)cc1. The molecular formula is C14H11FO4S. The van der Waals surface area contributed by atoms with Crippen LogP contribution in [0.4, 0.5) is 4.39 Å². The van der Waals surface area contributed by atoms with Crippen molar-refractivity contribution in [2.24, 2.45) is 0 Å². The van der Waals surface area contributed by atoms with E-state index in [9.17, 15) is 17.6 Å². The standard InChI is InChI=1S/C14H11FO4S/c1-20(18,19)11-5-2-9(3-6-11)10-4-7-13(15)12(8-10)14(16)17/h2-8H,1H3,(H,16,17). The Bertz CT molecular complexity index is 764. The molecule has 1 N–H and O–H groups in total. The van der Waals surface area contributed by atoms with Gasteiger partial charge in [-0.1, -0.05) is 18.2 Å². The van der Waals surface area contributed by atoms with Gasteiger partial charge in [-0.2, -0.15) is 0 Å². The van der Waals surface area contributed by atoms with Gasteiger partial charge in [0.25, 0.3) is 0 Å². The number of carboxylic acid groups (broad SMARTS) is 1. The van der Waals surface area contributed by atoms with Gasteiger partial charge in [0.2, 0.25) is 0 Å². The zero-order chi connectivity index (χ0) is 14.9. The van der Waals surface area contributed by atoms with Gasteiger partial charge in [0, 0.05) is 6.26 Å². The molecule has 0 aliphatic rings. The second-order valence-electron chi connectivity index (χ2n) is 4.30. The van der Waals surface area contributed by atoms with E-state index < -0.39 is 27.2 Å². The Morgan fingerprint density at radius 1 is 1.05 bits per heavy atom. The Kier molecular flexibility index (Phi) is 3.59. The van der Waals surface area contributed by atoms with Crippen LogP contribution in [0.1, 0.15) is 10.4 Å². The minimum absolute atomic E-state index is 0.168. The number of rotatable bonds is 3. The number of halogens is 1. The third-order valence-corrected chi connectivity index (χ3v) is 3.94. The van der Waals surface area contributed by atoms with E-state index in [0.29, 0.717) is 11.1 Å². The van der Waals surface area contributed by atoms with Gasteiger partial charge in [0.15, 0.2) is 9.84 Å². The van der Waals surface area contributed by atoms with Gasteiger partial charge in [-0.25, -0.2) is 17.6 Å². The Morgan fingerprint density at radius 2 is 1.60 bits per heavy atom. The highest BCUT2D eigenvalue weighted by Crippen LogP contribution is 2.23. The number of hydrogen-bond donors (Lipinski definition) is 1. The number of benzene rings is 2. The van der Waals surface area contributed by atoms with Gasteiger partial charge < -0.3 is 5.11 Å². The van der Waals surface area contributed by atoms with E-state index in [0.717, 1.165) is 12.3 Å². The summed E-state index contributed by atoms with van der Waals surface area (Å²) >= 11 is 0. The Hall–Kier alpha value is -2.21. The molecule has 0 fully saturated rings. The smallest absolute Gasteiger partial charge is 0.338 e. The molecule has 0 atom stereocenters. The minimum Gasteiger partial charge on any atom is -0.478 e. The maximum Gasteiger partial charge on any atom is 0.338 e. The van der Waals surface area contributed by atoms with Gasteiger partial charge >= 0.3 is 5.97 Å². The van der Waals surface area contributed by atoms with E-state index in [1.807, 2.05) is 0 Å². The van der Waals surface area contributed by atoms with E-state index in [4.69, 9.17) is 5.11 Å². The van der Waals surface area contributed by atoms with Crippen molar-refractivity contribution in [3.8, 4) is 11.1 Å². The summed E-state index contributed by atoms with van der Waals surface area (Å²) in [6, 6.07) is 9.68. The summed E-state index contributed by atoms with van der Waals surface area (Å²) in [5, 5.41) is 8.87. The maximum absolute atomic E-state index is 13.3. The van der Waals surface area contributed by atoms with Crippen molar-refractivity contribution in [1.29, 1.82) is 0 Å². The molecule has 0 unspecified atom stereocenters. The average molecular weight is 294 g/mol. The van der Waals surface area contributed by atoms with Crippen LogP contribution < -0.4 is 0 Å². The number of hydrogen-bond acceptors (Lipinski definition) is 3. The van der Waals surface area contributed by atoms with Crippen LogP contribution in [0.15, 0.2) is 47.4 Å². The summed E-state index contributed by atoms with van der Waals surface area (Å²) in [4.78, 5) is 11.0. The van der Waals surface area contributed by atoms with Crippen molar-refractivity contribution in [3.05, 3.63) is 53.8 Å². The Balaban J connectivity index is 2.47. The highest BCUT2D eigenvalue weighted by atomic mass is 32.2. The fourth-order valence-electron chi connectivity index (χ4n) is 1.76. The molecule has 2 aromatic rings. The lowest BCUT2D eigenvalue weighted by molar-refractivity contribution is 0.0692. The summed E-state index contributed by atoms with van der Waals surface area (Å²) < 4.78 is 36.0. The predicted octanol–water partition coefficient (Wildman–Crippen LogP) is 2.59. The van der Waals surface area contributed by atoms with Crippen molar-refractivity contribution in [2.75, 3.05) is 6.26 Å². The van der Waals surface area contributed by atoms with Crippen molar-refractivity contribution >= 4 is 15.8 Å². The van der Waals surface area contributed by atoms with Crippen molar-refractivity contribution in [3.63, 3.8) is 0 Å². The zero-order valence-electron chi connectivity index (χ0n) is 10.5. The Morgan fingerprint density at radius 3 is 2.10 bits per heavy atom. The lowest BCUT2D eigenvalue weighted by Crippen LogP contribution is -2.00. The molecule has 20 heavy (non-hydrogen) atoms. The van der Waals surface area contributed by atoms with Gasteiger partial charge in [0.05, 0.1) is 10.5 Å². The third-order valence-electron chi connectivity index (χ3n) is 2.81. The first-order valence-electron chi connectivity index (χ1n) is 5.62. The number of sulfone groups is 1. The van der Waals surface area contributed by atoms with E-state index in [-0.39, 0.29) is 4.90 Å². The molecule has 0 spiro atoms. The lowest BCUT2D eigenvalue weighted by atomic mass is 10.0. The van der Waals surface area contributed by atoms with E-state index in [1.165, 1.54) is 24.3 Å². The van der Waals surface area contributed by atoms with Crippen molar-refractivity contribution < 1.29 is 22.7 Å². The fourth-order valence-corrected chi connectivity index (χ4v) is 2.39. The second kappa shape index (κ2) is 5.05. The number of carboxylic acids is 1. The van der Waals surface area contributed by atoms with Gasteiger partial charge in [0.1, 0.15) is 5.82 Å². The quantitative estimate of drug-likeness (QED) is 0.944. The number of aromatic carboxylic acids is 1. The summed E-state index contributed by atoms with van der Waals surface area (Å²) in [6.07, 6.45) is 1.10. The largest absolute Gasteiger partial charge is 0.478 e. The van der Waals surface area contributed by atoms with Crippen LogP contribution in [0, 0.1) is 5.82 Å². The molecule has 0 aliphatic carbocycles. The van der Waals surface area contributed by atoms with E-state index >= 15 is 0 Å². The van der Waals surface area contributed by atoms with Crippen molar-refractivity contribution in [2.45, 2.75) is 4.90 Å². The maximum atomic E-state index is 13.3. The second-order valence-corrected chi connectivity index (χ2v) is 6.31. The summed E-state index contributed by atoms with van der Waals surface area (Å²) in [5.41, 5.74) is 0.693. The average Bonchev–Trinajstić information content (AvgIpc) is 2.38. The van der Waals surface area contributed by atoms with Gasteiger partial charge in [-0.05, 0) is 35.4 Å². The molecule has 0 aromatic heterocycles.